The lowest BCUT2D eigenvalue weighted by Crippen LogP contribution is -2.41. The zero-order chi connectivity index (χ0) is 18.3. The van der Waals surface area contributed by atoms with Gasteiger partial charge in [0.15, 0.2) is 5.96 Å². The van der Waals surface area contributed by atoms with Crippen molar-refractivity contribution in [2.75, 3.05) is 39.4 Å². The molecular weight excluding hydrogens is 340 g/mol. The van der Waals surface area contributed by atoms with Crippen molar-refractivity contribution in [3.05, 3.63) is 35.4 Å². The van der Waals surface area contributed by atoms with Crippen LogP contribution in [0.4, 0.5) is 0 Å². The van der Waals surface area contributed by atoms with Crippen molar-refractivity contribution in [2.45, 2.75) is 26.1 Å². The summed E-state index contributed by atoms with van der Waals surface area (Å²) in [5.41, 5.74) is 7.67. The van der Waals surface area contributed by atoms with E-state index in [-0.39, 0.29) is 5.75 Å². The molecule has 1 aliphatic heterocycles. The minimum Gasteiger partial charge on any atom is -0.379 e. The average Bonchev–Trinajstić information content (AvgIpc) is 2.62. The van der Waals surface area contributed by atoms with Gasteiger partial charge in [-0.3, -0.25) is 0 Å². The fourth-order valence-corrected chi connectivity index (χ4v) is 4.34. The molecule has 1 aromatic carbocycles. The molecule has 2 N–H and O–H groups in total. The number of hydrogen-bond donors (Lipinski definition) is 1. The molecule has 1 fully saturated rings. The van der Waals surface area contributed by atoms with Crippen molar-refractivity contribution < 1.29 is 13.2 Å². The van der Waals surface area contributed by atoms with Crippen LogP contribution in [-0.4, -0.2) is 63.0 Å². The Morgan fingerprint density at radius 3 is 2.40 bits per heavy atom. The van der Waals surface area contributed by atoms with Gasteiger partial charge < -0.3 is 15.4 Å². The molecule has 2 rings (SSSR count). The van der Waals surface area contributed by atoms with Gasteiger partial charge in [0.25, 0.3) is 0 Å². The molecule has 0 bridgehead atoms. The quantitative estimate of drug-likeness (QED) is 0.573. The Kier molecular flexibility index (Phi) is 7.22. The topological polar surface area (TPSA) is 88.2 Å². The first kappa shape index (κ1) is 19.7. The van der Waals surface area contributed by atoms with Crippen LogP contribution in [0.15, 0.2) is 29.3 Å². The second-order valence-electron chi connectivity index (χ2n) is 5.88. The lowest BCUT2D eigenvalue weighted by Gasteiger charge is -2.26. The highest BCUT2D eigenvalue weighted by Crippen LogP contribution is 2.17. The Labute approximate surface area is 150 Å². The largest absolute Gasteiger partial charge is 0.379 e. The summed E-state index contributed by atoms with van der Waals surface area (Å²) >= 11 is 0. The van der Waals surface area contributed by atoms with Gasteiger partial charge >= 0.3 is 0 Å². The predicted octanol–water partition coefficient (Wildman–Crippen LogP) is 1.01. The van der Waals surface area contributed by atoms with Gasteiger partial charge in [-0.15, -0.1) is 0 Å². The van der Waals surface area contributed by atoms with Crippen molar-refractivity contribution in [3.63, 3.8) is 0 Å². The molecule has 0 aliphatic carbocycles. The van der Waals surface area contributed by atoms with Crippen molar-refractivity contribution >= 4 is 16.0 Å². The predicted molar refractivity (Wildman–Crippen MR) is 99.7 cm³/mol. The molecule has 0 spiro atoms. The van der Waals surface area contributed by atoms with Crippen LogP contribution in [0, 0.1) is 0 Å². The van der Waals surface area contributed by atoms with Gasteiger partial charge in [-0.05, 0) is 25.0 Å². The van der Waals surface area contributed by atoms with Crippen LogP contribution in [0.1, 0.15) is 25.0 Å². The zero-order valence-corrected chi connectivity index (χ0v) is 15.8. The molecule has 0 unspecified atom stereocenters. The van der Waals surface area contributed by atoms with Crippen molar-refractivity contribution in [3.8, 4) is 0 Å². The number of sulfonamides is 1. The van der Waals surface area contributed by atoms with E-state index in [4.69, 9.17) is 10.5 Å². The van der Waals surface area contributed by atoms with Gasteiger partial charge in [0.1, 0.15) is 0 Å². The Hall–Kier alpha value is -1.64. The van der Waals surface area contributed by atoms with E-state index in [1.165, 1.54) is 4.31 Å². The third-order valence-corrected chi connectivity index (χ3v) is 6.15. The summed E-state index contributed by atoms with van der Waals surface area (Å²) in [6, 6.07) is 7.49. The van der Waals surface area contributed by atoms with Gasteiger partial charge in [0.05, 0.1) is 25.5 Å². The van der Waals surface area contributed by atoms with E-state index in [0.717, 1.165) is 24.2 Å². The molecule has 0 radical (unpaired) electrons. The number of morpholine rings is 1. The average molecular weight is 369 g/mol. The minimum atomic E-state index is -3.36. The number of aliphatic imine (C=N–C) groups is 1. The first-order chi connectivity index (χ1) is 12.0. The Balaban J connectivity index is 2.13. The van der Waals surface area contributed by atoms with Crippen LogP contribution in [-0.2, 0) is 27.1 Å². The molecule has 0 atom stereocenters. The standard InChI is InChI=1S/C17H28N4O3S/c1-3-20(4-2)17(18)19-13-15-7-5-6-8-16(15)14-25(22,23)21-9-11-24-12-10-21/h5-8H,3-4,9-14H2,1-2H3,(H2,18,19). The molecule has 1 aliphatic rings. The van der Waals surface area contributed by atoms with Crippen molar-refractivity contribution in [1.82, 2.24) is 9.21 Å². The number of ether oxygens (including phenoxy) is 1. The van der Waals surface area contributed by atoms with Crippen molar-refractivity contribution in [1.29, 1.82) is 0 Å². The number of guanidine groups is 1. The monoisotopic (exact) mass is 368 g/mol. The number of benzene rings is 1. The first-order valence-electron chi connectivity index (χ1n) is 8.65. The summed E-state index contributed by atoms with van der Waals surface area (Å²) in [4.78, 5) is 6.40. The number of hydrogen-bond acceptors (Lipinski definition) is 4. The number of nitrogens with zero attached hydrogens (tertiary/aromatic N) is 3. The first-order valence-corrected chi connectivity index (χ1v) is 10.3. The molecule has 0 saturated carbocycles. The summed E-state index contributed by atoms with van der Waals surface area (Å²) in [7, 11) is -3.36. The van der Waals surface area contributed by atoms with E-state index in [0.29, 0.717) is 38.8 Å². The maximum absolute atomic E-state index is 12.6. The number of nitrogens with two attached hydrogens (primary N) is 1. The fourth-order valence-electron chi connectivity index (χ4n) is 2.78. The molecule has 0 amide bonds. The summed E-state index contributed by atoms with van der Waals surface area (Å²) < 4.78 is 32.0. The molecule has 8 heteroatoms. The SMILES string of the molecule is CCN(CC)C(N)=NCc1ccccc1CS(=O)(=O)N1CCOCC1. The third-order valence-electron chi connectivity index (χ3n) is 4.32. The second-order valence-corrected chi connectivity index (χ2v) is 7.85. The van der Waals surface area contributed by atoms with E-state index < -0.39 is 10.0 Å². The maximum Gasteiger partial charge on any atom is 0.218 e. The van der Waals surface area contributed by atoms with Crippen LogP contribution in [0.5, 0.6) is 0 Å². The second kappa shape index (κ2) is 9.17. The maximum atomic E-state index is 12.6. The summed E-state index contributed by atoms with van der Waals surface area (Å²) in [5.74, 6) is 0.458. The molecule has 1 saturated heterocycles. The van der Waals surface area contributed by atoms with E-state index >= 15 is 0 Å². The van der Waals surface area contributed by atoms with Crippen LogP contribution in [0.2, 0.25) is 0 Å². The molecule has 1 aromatic rings. The van der Waals surface area contributed by atoms with E-state index in [1.54, 1.807) is 0 Å². The highest BCUT2D eigenvalue weighted by atomic mass is 32.2. The lowest BCUT2D eigenvalue weighted by molar-refractivity contribution is 0.0729. The van der Waals surface area contributed by atoms with Crippen LogP contribution < -0.4 is 5.73 Å². The van der Waals surface area contributed by atoms with E-state index in [9.17, 15) is 8.42 Å². The molecule has 25 heavy (non-hydrogen) atoms. The van der Waals surface area contributed by atoms with Crippen LogP contribution in [0.3, 0.4) is 0 Å². The summed E-state index contributed by atoms with van der Waals surface area (Å²) in [5, 5.41) is 0. The van der Waals surface area contributed by atoms with Crippen LogP contribution >= 0.6 is 0 Å². The smallest absolute Gasteiger partial charge is 0.218 e. The molecular formula is C17H28N4O3S. The number of rotatable bonds is 7. The molecule has 140 valence electrons. The molecule has 0 aromatic heterocycles. The normalized spacial score (nSPS) is 16.8. The Morgan fingerprint density at radius 1 is 1.20 bits per heavy atom. The molecule has 1 heterocycles. The third kappa shape index (κ3) is 5.42. The van der Waals surface area contributed by atoms with Gasteiger partial charge in [-0.25, -0.2) is 13.4 Å². The molecule has 7 nitrogen and oxygen atoms in total. The summed E-state index contributed by atoms with van der Waals surface area (Å²) in [6.45, 7) is 7.73. The zero-order valence-electron chi connectivity index (χ0n) is 15.0. The fraction of sp³-hybridized carbons (Fsp3) is 0.588. The Bertz CT molecular complexity index is 681. The van der Waals surface area contributed by atoms with Gasteiger partial charge in [0, 0.05) is 26.2 Å². The van der Waals surface area contributed by atoms with Gasteiger partial charge in [0.2, 0.25) is 10.0 Å². The highest BCUT2D eigenvalue weighted by molar-refractivity contribution is 7.88. The lowest BCUT2D eigenvalue weighted by atomic mass is 10.1. The van der Waals surface area contributed by atoms with Crippen molar-refractivity contribution in [2.24, 2.45) is 10.7 Å². The van der Waals surface area contributed by atoms with Crippen LogP contribution in [0.25, 0.3) is 0 Å². The highest BCUT2D eigenvalue weighted by Gasteiger charge is 2.25. The minimum absolute atomic E-state index is 0.0239. The van der Waals surface area contributed by atoms with Gasteiger partial charge in [-0.1, -0.05) is 24.3 Å². The Morgan fingerprint density at radius 2 is 1.80 bits per heavy atom. The summed E-state index contributed by atoms with van der Waals surface area (Å²) in [6.07, 6.45) is 0. The van der Waals surface area contributed by atoms with E-state index in [1.807, 2.05) is 43.0 Å². The van der Waals surface area contributed by atoms with E-state index in [2.05, 4.69) is 4.99 Å². The van der Waals surface area contributed by atoms with Gasteiger partial charge in [-0.2, -0.15) is 4.31 Å².